The van der Waals surface area contributed by atoms with E-state index in [0.29, 0.717) is 43.5 Å². The van der Waals surface area contributed by atoms with Crippen molar-refractivity contribution < 1.29 is 38.7 Å². The number of unbranched alkanes of at least 4 members (excludes halogenated alkanes) is 1. The number of aromatic nitrogens is 2. The molecule has 1 aromatic heterocycles. The first kappa shape index (κ1) is 46.0. The molecule has 3 rings (SSSR count). The molecule has 1 aliphatic heterocycles. The van der Waals surface area contributed by atoms with Crippen molar-refractivity contribution in [1.29, 1.82) is 0 Å². The Kier molecular flexibility index (Phi) is 18.6. The van der Waals surface area contributed by atoms with E-state index in [2.05, 4.69) is 36.6 Å². The van der Waals surface area contributed by atoms with Crippen LogP contribution >= 0.6 is 0 Å². The van der Waals surface area contributed by atoms with Crippen molar-refractivity contribution in [2.24, 2.45) is 23.3 Å². The predicted molar refractivity (Wildman–Crippen MR) is 211 cm³/mol. The van der Waals surface area contributed by atoms with Crippen LogP contribution < -0.4 is 38.1 Å². The predicted octanol–water partition coefficient (Wildman–Crippen LogP) is -0.516. The SMILES string of the molecule is CC(C)C[C@H](NC(=O)CNC(=O)[C@@H](N)C(C)C)C(=O)N1CCC[C@H]1C(=O)N[C@@H](Cc1cnc[nH]1)C(=O)N[C@@H](CCCCN)C(=O)N[C@@H](Cc1ccccc1)C(=O)O. The van der Waals surface area contributed by atoms with Crippen LogP contribution in [0.25, 0.3) is 0 Å². The minimum Gasteiger partial charge on any atom is -0.480 e. The Bertz CT molecular complexity index is 1640. The minimum absolute atomic E-state index is 0.0142. The number of hydrogen-bond donors (Lipinski definition) is 9. The van der Waals surface area contributed by atoms with Gasteiger partial charge in [0.15, 0.2) is 0 Å². The van der Waals surface area contributed by atoms with Gasteiger partial charge in [-0.15, -0.1) is 0 Å². The van der Waals surface area contributed by atoms with Gasteiger partial charge >= 0.3 is 5.97 Å². The van der Waals surface area contributed by atoms with Gasteiger partial charge in [-0.3, -0.25) is 28.8 Å². The van der Waals surface area contributed by atoms with Crippen LogP contribution in [-0.2, 0) is 46.4 Å². The van der Waals surface area contributed by atoms with Crippen molar-refractivity contribution in [1.82, 2.24) is 41.5 Å². The molecule has 0 spiro atoms. The van der Waals surface area contributed by atoms with Crippen LogP contribution in [0.2, 0.25) is 0 Å². The number of carbonyl (C=O) groups is 7. The zero-order chi connectivity index (χ0) is 42.1. The van der Waals surface area contributed by atoms with Gasteiger partial charge in [0.25, 0.3) is 0 Å². The van der Waals surface area contributed by atoms with Crippen molar-refractivity contribution >= 4 is 41.4 Å². The number of likely N-dealkylation sites (tertiary alicyclic amines) is 1. The van der Waals surface area contributed by atoms with E-state index in [-0.39, 0.29) is 50.6 Å². The second kappa shape index (κ2) is 23.0. The molecule has 18 nitrogen and oxygen atoms in total. The summed E-state index contributed by atoms with van der Waals surface area (Å²) in [5, 5.41) is 23.2. The van der Waals surface area contributed by atoms with Gasteiger partial charge in [0.1, 0.15) is 30.2 Å². The smallest absolute Gasteiger partial charge is 0.326 e. The van der Waals surface area contributed by atoms with Crippen molar-refractivity contribution in [3.8, 4) is 0 Å². The van der Waals surface area contributed by atoms with Crippen LogP contribution in [0.15, 0.2) is 42.9 Å². The highest BCUT2D eigenvalue weighted by Crippen LogP contribution is 2.21. The molecule has 0 bridgehead atoms. The average Bonchev–Trinajstić information content (AvgIpc) is 3.88. The number of H-pyrrole nitrogens is 1. The number of nitrogens with zero attached hydrogens (tertiary/aromatic N) is 2. The summed E-state index contributed by atoms with van der Waals surface area (Å²) in [6, 6.07) is 2.39. The minimum atomic E-state index is -1.27. The van der Waals surface area contributed by atoms with E-state index in [1.165, 1.54) is 17.4 Å². The maximum atomic E-state index is 14.0. The Hall–Kier alpha value is -5.36. The average molecular weight is 797 g/mol. The van der Waals surface area contributed by atoms with E-state index in [9.17, 15) is 38.7 Å². The summed E-state index contributed by atoms with van der Waals surface area (Å²) < 4.78 is 0. The summed E-state index contributed by atoms with van der Waals surface area (Å²) in [6.45, 7) is 7.52. The molecule has 1 aromatic carbocycles. The van der Waals surface area contributed by atoms with Gasteiger partial charge in [0.05, 0.1) is 18.9 Å². The molecule has 1 aliphatic rings. The molecule has 6 atom stereocenters. The van der Waals surface area contributed by atoms with Gasteiger partial charge in [-0.25, -0.2) is 9.78 Å². The maximum absolute atomic E-state index is 14.0. The summed E-state index contributed by atoms with van der Waals surface area (Å²) in [6.07, 6.45) is 5.08. The lowest BCUT2D eigenvalue weighted by atomic mass is 10.0. The van der Waals surface area contributed by atoms with Crippen molar-refractivity contribution in [3.63, 3.8) is 0 Å². The fourth-order valence-corrected chi connectivity index (χ4v) is 6.48. The first-order chi connectivity index (χ1) is 27.1. The summed E-state index contributed by atoms with van der Waals surface area (Å²) in [4.78, 5) is 101. The maximum Gasteiger partial charge on any atom is 0.326 e. The summed E-state index contributed by atoms with van der Waals surface area (Å²) >= 11 is 0. The number of nitrogens with one attached hydrogen (secondary N) is 6. The number of carboxylic acid groups (broad SMARTS) is 1. The molecule has 11 N–H and O–H groups in total. The fraction of sp³-hybridized carbons (Fsp3) is 0.590. The number of carbonyl (C=O) groups excluding carboxylic acids is 6. The molecule has 0 aliphatic carbocycles. The van der Waals surface area contributed by atoms with Gasteiger partial charge in [0, 0.05) is 31.3 Å². The Morgan fingerprint density at radius 3 is 2.18 bits per heavy atom. The van der Waals surface area contributed by atoms with Crippen LogP contribution in [0, 0.1) is 11.8 Å². The summed E-state index contributed by atoms with van der Waals surface area (Å²) in [5.41, 5.74) is 12.8. The van der Waals surface area contributed by atoms with Gasteiger partial charge < -0.3 is 53.0 Å². The molecular formula is C39H60N10O8. The van der Waals surface area contributed by atoms with E-state index in [4.69, 9.17) is 11.5 Å². The summed E-state index contributed by atoms with van der Waals surface area (Å²) in [7, 11) is 0. The Morgan fingerprint density at radius 1 is 0.877 bits per heavy atom. The zero-order valence-corrected chi connectivity index (χ0v) is 33.3. The molecule has 0 unspecified atom stereocenters. The van der Waals surface area contributed by atoms with Gasteiger partial charge in [0.2, 0.25) is 35.4 Å². The third-order valence-electron chi connectivity index (χ3n) is 9.71. The van der Waals surface area contributed by atoms with Gasteiger partial charge in [-0.05, 0) is 62.5 Å². The number of aliphatic carboxylic acids is 1. The van der Waals surface area contributed by atoms with Crippen LogP contribution in [0.3, 0.4) is 0 Å². The molecular weight excluding hydrogens is 736 g/mol. The Balaban J connectivity index is 1.77. The van der Waals surface area contributed by atoms with Crippen molar-refractivity contribution in [2.75, 3.05) is 19.6 Å². The third-order valence-corrected chi connectivity index (χ3v) is 9.71. The van der Waals surface area contributed by atoms with Crippen LogP contribution in [0.4, 0.5) is 0 Å². The van der Waals surface area contributed by atoms with Crippen molar-refractivity contribution in [2.45, 2.75) is 115 Å². The zero-order valence-electron chi connectivity index (χ0n) is 33.3. The molecule has 1 saturated heterocycles. The number of benzene rings is 1. The monoisotopic (exact) mass is 796 g/mol. The molecule has 1 fully saturated rings. The van der Waals surface area contributed by atoms with Gasteiger partial charge in [-0.2, -0.15) is 0 Å². The molecule has 2 heterocycles. The lowest BCUT2D eigenvalue weighted by Crippen LogP contribution is -2.59. The highest BCUT2D eigenvalue weighted by Gasteiger charge is 2.39. The Morgan fingerprint density at radius 2 is 1.56 bits per heavy atom. The lowest BCUT2D eigenvalue weighted by molar-refractivity contribution is -0.143. The molecule has 57 heavy (non-hydrogen) atoms. The first-order valence-corrected chi connectivity index (χ1v) is 19.6. The number of aromatic amines is 1. The number of rotatable bonds is 23. The second-order valence-electron chi connectivity index (χ2n) is 15.2. The van der Waals surface area contributed by atoms with E-state index in [0.717, 1.165) is 0 Å². The van der Waals surface area contributed by atoms with E-state index < -0.39 is 77.7 Å². The van der Waals surface area contributed by atoms with E-state index in [1.54, 1.807) is 44.2 Å². The molecule has 2 aromatic rings. The number of nitrogens with two attached hydrogens (primary N) is 2. The topological polar surface area (TPSA) is 284 Å². The van der Waals surface area contributed by atoms with E-state index >= 15 is 0 Å². The standard InChI is InChI=1S/C39H60N10O8/c1-23(2)17-29(45-32(50)21-43-37(54)33(41)24(3)4)38(55)49-16-10-14-31(49)36(53)47-28(19-26-20-42-22-44-26)35(52)46-27(13-8-9-15-40)34(51)48-30(39(56)57)18-25-11-6-5-7-12-25/h5-7,11-12,20,22-24,27-31,33H,8-10,13-19,21,40-41H2,1-4H3,(H,42,44)(H,43,54)(H,45,50)(H,46,52)(H,47,53)(H,48,51)(H,56,57)/t27-,28-,29-,30-,31-,33-/m0/s1. The molecule has 18 heteroatoms. The Labute approximate surface area is 333 Å². The van der Waals surface area contributed by atoms with Crippen molar-refractivity contribution in [3.05, 3.63) is 54.1 Å². The molecule has 314 valence electrons. The quantitative estimate of drug-likeness (QED) is 0.0646. The number of hydrogen-bond acceptors (Lipinski definition) is 10. The highest BCUT2D eigenvalue weighted by atomic mass is 16.4. The molecule has 6 amide bonds. The number of amides is 6. The molecule has 0 radical (unpaired) electrons. The van der Waals surface area contributed by atoms with Crippen LogP contribution in [0.1, 0.15) is 77.5 Å². The summed E-state index contributed by atoms with van der Waals surface area (Å²) in [5.74, 6) is -4.98. The molecule has 0 saturated carbocycles. The highest BCUT2D eigenvalue weighted by molar-refractivity contribution is 5.97. The first-order valence-electron chi connectivity index (χ1n) is 19.6. The van der Waals surface area contributed by atoms with Gasteiger partial charge in [-0.1, -0.05) is 58.0 Å². The van der Waals surface area contributed by atoms with Crippen LogP contribution in [-0.4, -0.2) is 117 Å². The third kappa shape index (κ3) is 14.9. The lowest BCUT2D eigenvalue weighted by Gasteiger charge is -2.31. The normalized spacial score (nSPS) is 16.6. The fourth-order valence-electron chi connectivity index (χ4n) is 6.48. The number of carboxylic acids is 1. The van der Waals surface area contributed by atoms with E-state index in [1.807, 2.05) is 13.8 Å². The van der Waals surface area contributed by atoms with Crippen LogP contribution in [0.5, 0.6) is 0 Å². The largest absolute Gasteiger partial charge is 0.480 e. The number of imidazole rings is 1. The second-order valence-corrected chi connectivity index (χ2v) is 15.2.